The second-order valence-corrected chi connectivity index (χ2v) is 15.6. The number of fused-ring (bicyclic) bond motifs is 10. The van der Waals surface area contributed by atoms with Crippen molar-refractivity contribution in [3.05, 3.63) is 194 Å². The van der Waals surface area contributed by atoms with Crippen LogP contribution < -0.4 is 0 Å². The minimum atomic E-state index is 0.521. The zero-order chi connectivity index (χ0) is 40.0. The SMILES string of the molecule is c1ccc(-c2ccc(-c3nc(-c4cc5c(cc4-n4c6ccccc6c6cc7ccccc7cc64)oc4ccccc45)nc(-c4cccc5c4oc4ccccc45)n3)cc2)cc1. The molecule has 4 heterocycles. The molecule has 13 aromatic rings. The van der Waals surface area contributed by atoms with Gasteiger partial charge in [-0.25, -0.2) is 15.0 Å². The normalized spacial score (nSPS) is 11.9. The van der Waals surface area contributed by atoms with Gasteiger partial charge in [-0.3, -0.25) is 0 Å². The van der Waals surface area contributed by atoms with Gasteiger partial charge in [-0.1, -0.05) is 146 Å². The number of benzene rings is 9. The molecule has 0 fully saturated rings. The van der Waals surface area contributed by atoms with Gasteiger partial charge in [0.05, 0.1) is 22.3 Å². The first kappa shape index (κ1) is 33.6. The lowest BCUT2D eigenvalue weighted by Crippen LogP contribution is -2.04. The lowest BCUT2D eigenvalue weighted by molar-refractivity contribution is 0.668. The van der Waals surface area contributed by atoms with Gasteiger partial charge in [-0.15, -0.1) is 0 Å². The molecule has 0 spiro atoms. The molecule has 0 saturated carbocycles. The number of nitrogens with zero attached hydrogens (tertiary/aromatic N) is 4. The first-order valence-corrected chi connectivity index (χ1v) is 20.4. The molecule has 0 radical (unpaired) electrons. The van der Waals surface area contributed by atoms with E-state index in [2.05, 4.69) is 156 Å². The number of hydrogen-bond donors (Lipinski definition) is 0. The van der Waals surface area contributed by atoms with E-state index in [1.807, 2.05) is 42.5 Å². The first-order valence-electron chi connectivity index (χ1n) is 20.4. The molecule has 6 nitrogen and oxygen atoms in total. The van der Waals surface area contributed by atoms with Crippen molar-refractivity contribution >= 4 is 76.5 Å². The Balaban J connectivity index is 1.13. The van der Waals surface area contributed by atoms with E-state index < -0.39 is 0 Å². The van der Waals surface area contributed by atoms with Crippen LogP contribution in [0.25, 0.3) is 127 Å². The van der Waals surface area contributed by atoms with Crippen LogP contribution in [0.4, 0.5) is 0 Å². The van der Waals surface area contributed by atoms with Crippen LogP contribution in [-0.2, 0) is 0 Å². The summed E-state index contributed by atoms with van der Waals surface area (Å²) in [5, 5.41) is 8.73. The number of rotatable bonds is 5. The molecule has 0 atom stereocenters. The maximum absolute atomic E-state index is 6.61. The van der Waals surface area contributed by atoms with Crippen molar-refractivity contribution in [2.45, 2.75) is 0 Å². The maximum Gasteiger partial charge on any atom is 0.167 e. The zero-order valence-electron chi connectivity index (χ0n) is 32.6. The molecule has 4 aromatic heterocycles. The Morgan fingerprint density at radius 1 is 0.328 bits per heavy atom. The van der Waals surface area contributed by atoms with Crippen molar-refractivity contribution in [3.8, 4) is 51.0 Å². The smallest absolute Gasteiger partial charge is 0.167 e. The van der Waals surface area contributed by atoms with Crippen molar-refractivity contribution in [1.82, 2.24) is 19.5 Å². The summed E-state index contributed by atoms with van der Waals surface area (Å²) < 4.78 is 15.5. The molecule has 0 saturated heterocycles. The Morgan fingerprint density at radius 2 is 0.918 bits per heavy atom. The Kier molecular flexibility index (Phi) is 7.21. The molecule has 284 valence electrons. The van der Waals surface area contributed by atoms with Crippen molar-refractivity contribution < 1.29 is 8.83 Å². The third-order valence-electron chi connectivity index (χ3n) is 12.0. The minimum absolute atomic E-state index is 0.521. The van der Waals surface area contributed by atoms with Crippen molar-refractivity contribution in [1.29, 1.82) is 0 Å². The maximum atomic E-state index is 6.61. The molecule has 0 aliphatic carbocycles. The molecule has 6 heteroatoms. The highest BCUT2D eigenvalue weighted by atomic mass is 16.3. The van der Waals surface area contributed by atoms with Crippen molar-refractivity contribution in [2.75, 3.05) is 0 Å². The van der Waals surface area contributed by atoms with Crippen LogP contribution in [-0.4, -0.2) is 19.5 Å². The second-order valence-electron chi connectivity index (χ2n) is 15.6. The molecule has 0 aliphatic heterocycles. The fourth-order valence-electron chi connectivity index (χ4n) is 9.15. The molecule has 9 aromatic carbocycles. The Labute approximate surface area is 348 Å². The summed E-state index contributed by atoms with van der Waals surface area (Å²) in [4.78, 5) is 16.0. The van der Waals surface area contributed by atoms with Crippen molar-refractivity contribution in [2.24, 2.45) is 0 Å². The third kappa shape index (κ3) is 5.26. The summed E-state index contributed by atoms with van der Waals surface area (Å²) >= 11 is 0. The van der Waals surface area contributed by atoms with E-state index in [1.165, 1.54) is 5.39 Å². The van der Waals surface area contributed by atoms with Gasteiger partial charge in [0.2, 0.25) is 0 Å². The monoisotopic (exact) mass is 780 g/mol. The molecule has 61 heavy (non-hydrogen) atoms. The standard InChI is InChI=1S/C55H32N4O2/c1-2-13-33(14-3-1)34-25-27-35(28-26-34)53-56-54(42-21-12-20-41-39-18-7-11-24-50(39)61-52(41)42)58-55(57-53)45-31-44-40-19-8-10-23-49(40)60-51(44)32-48(45)59-46-22-9-6-17-38(46)43-29-36-15-4-5-16-37(36)30-47(43)59/h1-32H. The highest BCUT2D eigenvalue weighted by Crippen LogP contribution is 2.42. The van der Waals surface area contributed by atoms with Crippen molar-refractivity contribution in [3.63, 3.8) is 0 Å². The zero-order valence-corrected chi connectivity index (χ0v) is 32.6. The third-order valence-corrected chi connectivity index (χ3v) is 12.0. The van der Waals surface area contributed by atoms with Crippen LogP contribution in [0, 0.1) is 0 Å². The molecule has 0 amide bonds. The van der Waals surface area contributed by atoms with Gasteiger partial charge in [0.1, 0.15) is 22.3 Å². The van der Waals surface area contributed by atoms with Gasteiger partial charge in [-0.2, -0.15) is 0 Å². The summed E-state index contributed by atoms with van der Waals surface area (Å²) in [6, 6.07) is 67.4. The Morgan fingerprint density at radius 3 is 1.72 bits per heavy atom. The van der Waals surface area contributed by atoms with Gasteiger partial charge in [0, 0.05) is 49.5 Å². The van der Waals surface area contributed by atoms with Crippen LogP contribution in [0.1, 0.15) is 0 Å². The van der Waals surface area contributed by atoms with E-state index in [9.17, 15) is 0 Å². The average Bonchev–Trinajstić information content (AvgIpc) is 3.99. The van der Waals surface area contributed by atoms with Crippen LogP contribution >= 0.6 is 0 Å². The highest BCUT2D eigenvalue weighted by molar-refractivity contribution is 6.15. The topological polar surface area (TPSA) is 69.9 Å². The summed E-state index contributed by atoms with van der Waals surface area (Å²) in [6.45, 7) is 0. The fraction of sp³-hybridized carbons (Fsp3) is 0. The summed E-state index contributed by atoms with van der Waals surface area (Å²) in [5.41, 5.74) is 11.0. The lowest BCUT2D eigenvalue weighted by atomic mass is 10.0. The predicted octanol–water partition coefficient (Wildman–Crippen LogP) is 14.6. The van der Waals surface area contributed by atoms with E-state index in [4.69, 9.17) is 23.8 Å². The number of para-hydroxylation sites is 4. The van der Waals surface area contributed by atoms with Crippen LogP contribution in [0.5, 0.6) is 0 Å². The van der Waals surface area contributed by atoms with Crippen LogP contribution in [0.3, 0.4) is 0 Å². The van der Waals surface area contributed by atoms with Gasteiger partial charge in [-0.05, 0) is 64.4 Å². The van der Waals surface area contributed by atoms with E-state index in [-0.39, 0.29) is 0 Å². The molecule has 0 N–H and O–H groups in total. The molecule has 0 aliphatic rings. The fourth-order valence-corrected chi connectivity index (χ4v) is 9.15. The number of furan rings is 2. The van der Waals surface area contributed by atoms with Crippen LogP contribution in [0.15, 0.2) is 203 Å². The Hall–Kier alpha value is -8.35. The summed E-state index contributed by atoms with van der Waals surface area (Å²) in [7, 11) is 0. The largest absolute Gasteiger partial charge is 0.456 e. The van der Waals surface area contributed by atoms with Gasteiger partial charge in [0.15, 0.2) is 17.5 Å². The lowest BCUT2D eigenvalue weighted by Gasteiger charge is -2.15. The average molecular weight is 781 g/mol. The predicted molar refractivity (Wildman–Crippen MR) is 248 cm³/mol. The van der Waals surface area contributed by atoms with Gasteiger partial charge < -0.3 is 13.4 Å². The van der Waals surface area contributed by atoms with Crippen LogP contribution in [0.2, 0.25) is 0 Å². The van der Waals surface area contributed by atoms with Gasteiger partial charge in [0.25, 0.3) is 0 Å². The van der Waals surface area contributed by atoms with Gasteiger partial charge >= 0.3 is 0 Å². The molecular formula is C55H32N4O2. The second kappa shape index (κ2) is 13.1. The highest BCUT2D eigenvalue weighted by Gasteiger charge is 2.24. The number of hydrogen-bond acceptors (Lipinski definition) is 5. The Bertz CT molecular complexity index is 3880. The molecule has 13 rings (SSSR count). The first-order chi connectivity index (χ1) is 30.2. The van der Waals surface area contributed by atoms with E-state index >= 15 is 0 Å². The molecule has 0 unspecified atom stereocenters. The quantitative estimate of drug-likeness (QED) is 0.174. The number of aromatic nitrogens is 4. The molecule has 0 bridgehead atoms. The van der Waals surface area contributed by atoms with E-state index in [0.717, 1.165) is 105 Å². The summed E-state index contributed by atoms with van der Waals surface area (Å²) in [6.07, 6.45) is 0. The minimum Gasteiger partial charge on any atom is -0.456 e. The molecular weight excluding hydrogens is 749 g/mol. The van der Waals surface area contributed by atoms with E-state index in [1.54, 1.807) is 0 Å². The summed E-state index contributed by atoms with van der Waals surface area (Å²) in [5.74, 6) is 1.62. The van der Waals surface area contributed by atoms with E-state index in [0.29, 0.717) is 17.5 Å².